The van der Waals surface area contributed by atoms with Gasteiger partial charge < -0.3 is 16.0 Å². The molecular weight excluding hydrogens is 166 g/mol. The molecule has 0 saturated carbocycles. The highest BCUT2D eigenvalue weighted by Crippen LogP contribution is 2.19. The van der Waals surface area contributed by atoms with Crippen LogP contribution in [0, 0.1) is 5.92 Å². The monoisotopic (exact) mass is 185 g/mol. The fourth-order valence-electron chi connectivity index (χ4n) is 2.03. The van der Waals surface area contributed by atoms with E-state index in [2.05, 4.69) is 12.2 Å². The van der Waals surface area contributed by atoms with Crippen LogP contribution < -0.4 is 11.1 Å². The number of primary amides is 1. The van der Waals surface area contributed by atoms with Crippen LogP contribution in [0.25, 0.3) is 0 Å². The average Bonchev–Trinajstić information content (AvgIpc) is 2.16. The van der Waals surface area contributed by atoms with Gasteiger partial charge in [0.05, 0.1) is 0 Å². The lowest BCUT2D eigenvalue weighted by atomic mass is 9.90. The largest absolute Gasteiger partial charge is 0.351 e. The fourth-order valence-corrected chi connectivity index (χ4v) is 2.03. The zero-order chi connectivity index (χ0) is 9.84. The van der Waals surface area contributed by atoms with E-state index in [-0.39, 0.29) is 6.03 Å². The summed E-state index contributed by atoms with van der Waals surface area (Å²) in [7, 11) is 1.98. The highest BCUT2D eigenvalue weighted by Gasteiger charge is 2.28. The molecule has 0 aromatic heterocycles. The molecule has 4 nitrogen and oxygen atoms in total. The molecule has 0 bridgehead atoms. The molecule has 1 fully saturated rings. The molecule has 3 N–H and O–H groups in total. The molecule has 4 heteroatoms. The van der Waals surface area contributed by atoms with E-state index in [1.165, 1.54) is 0 Å². The van der Waals surface area contributed by atoms with Crippen molar-refractivity contribution in [2.75, 3.05) is 20.1 Å². The van der Waals surface area contributed by atoms with Gasteiger partial charge in [-0.3, -0.25) is 0 Å². The number of amides is 2. The zero-order valence-electron chi connectivity index (χ0n) is 8.42. The molecule has 0 radical (unpaired) electrons. The zero-order valence-corrected chi connectivity index (χ0v) is 8.42. The summed E-state index contributed by atoms with van der Waals surface area (Å²) >= 11 is 0. The Morgan fingerprint density at radius 3 is 2.85 bits per heavy atom. The van der Waals surface area contributed by atoms with Crippen molar-refractivity contribution in [3.63, 3.8) is 0 Å². The van der Waals surface area contributed by atoms with Crippen molar-refractivity contribution >= 4 is 6.03 Å². The van der Waals surface area contributed by atoms with Gasteiger partial charge in [0.25, 0.3) is 0 Å². The maximum absolute atomic E-state index is 10.9. The summed E-state index contributed by atoms with van der Waals surface area (Å²) in [5.74, 6) is 0.547. The molecule has 1 heterocycles. The Balaban J connectivity index is 2.52. The number of carbonyl (C=O) groups is 1. The average molecular weight is 185 g/mol. The van der Waals surface area contributed by atoms with E-state index in [0.717, 1.165) is 25.9 Å². The van der Waals surface area contributed by atoms with Gasteiger partial charge >= 0.3 is 6.03 Å². The number of piperidine rings is 1. The number of hydrogen-bond donors (Lipinski definition) is 2. The molecule has 0 aromatic carbocycles. The first-order chi connectivity index (χ1) is 6.19. The summed E-state index contributed by atoms with van der Waals surface area (Å²) in [4.78, 5) is 12.7. The summed E-state index contributed by atoms with van der Waals surface area (Å²) in [5.41, 5.74) is 5.24. The lowest BCUT2D eigenvalue weighted by molar-refractivity contribution is 0.151. The van der Waals surface area contributed by atoms with Crippen molar-refractivity contribution < 1.29 is 4.79 Å². The van der Waals surface area contributed by atoms with E-state index in [1.54, 1.807) is 4.90 Å². The van der Waals surface area contributed by atoms with E-state index >= 15 is 0 Å². The van der Waals surface area contributed by atoms with Gasteiger partial charge in [0.15, 0.2) is 0 Å². The Kier molecular flexibility index (Phi) is 3.54. The van der Waals surface area contributed by atoms with Gasteiger partial charge in [0.1, 0.15) is 0 Å². The maximum Gasteiger partial charge on any atom is 0.314 e. The van der Waals surface area contributed by atoms with Crippen LogP contribution in [-0.4, -0.2) is 37.1 Å². The number of likely N-dealkylation sites (tertiary alicyclic amines) is 1. The Labute approximate surface area is 79.5 Å². The topological polar surface area (TPSA) is 58.4 Å². The van der Waals surface area contributed by atoms with Crippen molar-refractivity contribution in [3.8, 4) is 0 Å². The Morgan fingerprint density at radius 1 is 1.69 bits per heavy atom. The molecular formula is C9H19N3O. The molecule has 13 heavy (non-hydrogen) atoms. The van der Waals surface area contributed by atoms with Crippen molar-refractivity contribution in [2.45, 2.75) is 25.8 Å². The minimum absolute atomic E-state index is 0.284. The Bertz CT molecular complexity index is 184. The molecule has 2 unspecified atom stereocenters. The number of hydrogen-bond acceptors (Lipinski definition) is 2. The molecule has 1 aliphatic rings. The van der Waals surface area contributed by atoms with Crippen LogP contribution in [0.2, 0.25) is 0 Å². The van der Waals surface area contributed by atoms with Crippen LogP contribution in [0.15, 0.2) is 0 Å². The Morgan fingerprint density at radius 2 is 2.38 bits per heavy atom. The van der Waals surface area contributed by atoms with Crippen LogP contribution in [0.1, 0.15) is 19.8 Å². The summed E-state index contributed by atoms with van der Waals surface area (Å²) in [6.45, 7) is 3.74. The molecule has 2 atom stereocenters. The van der Waals surface area contributed by atoms with E-state index < -0.39 is 0 Å². The molecule has 0 spiro atoms. The second kappa shape index (κ2) is 4.46. The van der Waals surface area contributed by atoms with Crippen LogP contribution in [-0.2, 0) is 0 Å². The predicted molar refractivity (Wildman–Crippen MR) is 52.4 cm³/mol. The maximum atomic E-state index is 10.9. The van der Waals surface area contributed by atoms with Crippen LogP contribution in [0.4, 0.5) is 4.79 Å². The number of carbonyl (C=O) groups excluding carboxylic acids is 1. The van der Waals surface area contributed by atoms with Gasteiger partial charge in [-0.15, -0.1) is 0 Å². The molecule has 76 valence electrons. The third-order valence-electron chi connectivity index (χ3n) is 2.94. The van der Waals surface area contributed by atoms with Crippen LogP contribution in [0.3, 0.4) is 0 Å². The standard InChI is InChI=1S/C9H19N3O/c1-3-7-6-12(9(10)13)5-4-8(7)11-2/h7-8,11H,3-6H2,1-2H3,(H2,10,13). The van der Waals surface area contributed by atoms with Gasteiger partial charge in [-0.2, -0.15) is 0 Å². The number of rotatable bonds is 2. The van der Waals surface area contributed by atoms with Gasteiger partial charge in [-0.25, -0.2) is 4.79 Å². The third kappa shape index (κ3) is 2.34. The van der Waals surface area contributed by atoms with Crippen molar-refractivity contribution in [2.24, 2.45) is 11.7 Å². The second-order valence-electron chi connectivity index (χ2n) is 3.64. The lowest BCUT2D eigenvalue weighted by Crippen LogP contribution is -2.51. The van der Waals surface area contributed by atoms with Crippen molar-refractivity contribution in [1.82, 2.24) is 10.2 Å². The van der Waals surface area contributed by atoms with E-state index in [9.17, 15) is 4.79 Å². The molecule has 0 aliphatic carbocycles. The first-order valence-electron chi connectivity index (χ1n) is 4.90. The van der Waals surface area contributed by atoms with E-state index in [0.29, 0.717) is 12.0 Å². The van der Waals surface area contributed by atoms with E-state index in [1.807, 2.05) is 7.05 Å². The molecule has 2 amide bonds. The minimum Gasteiger partial charge on any atom is -0.351 e. The first-order valence-corrected chi connectivity index (χ1v) is 4.90. The molecule has 1 saturated heterocycles. The number of nitrogens with one attached hydrogen (secondary N) is 1. The van der Waals surface area contributed by atoms with Crippen molar-refractivity contribution in [3.05, 3.63) is 0 Å². The Hall–Kier alpha value is -0.770. The van der Waals surface area contributed by atoms with E-state index in [4.69, 9.17) is 5.73 Å². The second-order valence-corrected chi connectivity index (χ2v) is 3.64. The van der Waals surface area contributed by atoms with Crippen LogP contribution in [0.5, 0.6) is 0 Å². The lowest BCUT2D eigenvalue weighted by Gasteiger charge is -2.37. The fraction of sp³-hybridized carbons (Fsp3) is 0.889. The van der Waals surface area contributed by atoms with Gasteiger partial charge in [0.2, 0.25) is 0 Å². The SMILES string of the molecule is CCC1CN(C(N)=O)CCC1NC. The molecule has 1 rings (SSSR count). The summed E-state index contributed by atoms with van der Waals surface area (Å²) in [6, 6.07) is 0.258. The number of nitrogens with zero attached hydrogens (tertiary/aromatic N) is 1. The summed E-state index contributed by atoms with van der Waals surface area (Å²) in [6.07, 6.45) is 2.10. The first kappa shape index (κ1) is 10.3. The highest BCUT2D eigenvalue weighted by atomic mass is 16.2. The molecule has 1 aliphatic heterocycles. The van der Waals surface area contributed by atoms with Gasteiger partial charge in [-0.1, -0.05) is 13.3 Å². The van der Waals surface area contributed by atoms with Crippen molar-refractivity contribution in [1.29, 1.82) is 0 Å². The quantitative estimate of drug-likeness (QED) is 0.653. The molecule has 0 aromatic rings. The summed E-state index contributed by atoms with van der Waals surface area (Å²) in [5, 5.41) is 3.29. The summed E-state index contributed by atoms with van der Waals surface area (Å²) < 4.78 is 0. The predicted octanol–water partition coefficient (Wildman–Crippen LogP) is 0.385. The van der Waals surface area contributed by atoms with Crippen LogP contribution >= 0.6 is 0 Å². The van der Waals surface area contributed by atoms with Gasteiger partial charge in [-0.05, 0) is 19.4 Å². The number of urea groups is 1. The van der Waals surface area contributed by atoms with Gasteiger partial charge in [0, 0.05) is 19.1 Å². The smallest absolute Gasteiger partial charge is 0.314 e. The minimum atomic E-state index is -0.284. The number of nitrogens with two attached hydrogens (primary N) is 1. The third-order valence-corrected chi connectivity index (χ3v) is 2.94. The normalized spacial score (nSPS) is 28.9. The highest BCUT2D eigenvalue weighted by molar-refractivity contribution is 5.72.